The van der Waals surface area contributed by atoms with Crippen LogP contribution >= 0.6 is 0 Å². The largest absolute Gasteiger partial charge is 0.456 e. The molecule has 7 heteroatoms. The zero-order valence-electron chi connectivity index (χ0n) is 36.0. The van der Waals surface area contributed by atoms with Gasteiger partial charge >= 0.3 is 13.7 Å². The van der Waals surface area contributed by atoms with Gasteiger partial charge in [0, 0.05) is 77.2 Å². The van der Waals surface area contributed by atoms with Gasteiger partial charge in [-0.1, -0.05) is 152 Å². The minimum atomic E-state index is -0.155. The first kappa shape index (κ1) is 34.7. The Morgan fingerprint density at radius 2 is 0.896 bits per heavy atom. The number of para-hydroxylation sites is 7. The number of aromatic nitrogens is 2. The summed E-state index contributed by atoms with van der Waals surface area (Å²) in [5, 5.41) is 7.36. The van der Waals surface area contributed by atoms with Gasteiger partial charge in [-0.3, -0.25) is 0 Å². The SMILES string of the molecule is c1ccc(N2c3cccc4c3B(c3cc5c6c(c32)N(c2ccccc2)c2c(ccc3oc7ccccc7c23)B6n2c3ccccc3c3cccc-5c32)n2c3ccccc3c3cccc-4c32)cc1. The number of rotatable bonds is 2. The number of hydrogen-bond donors (Lipinski definition) is 0. The molecule has 7 heterocycles. The Kier molecular flexibility index (Phi) is 6.30. The maximum Gasteiger partial charge on any atom is 0.333 e. The standard InChI is InChI=1S/C60H34B2N4O/c1-3-16-35(17-4-1)63-50-30-15-23-39-42-26-13-24-40-37-20-8-11-29-49(37)66(56(40)42)62(54(39)50)47-34-45-43-27-14-25-41-38-21-7-10-28-48(38)65(57(41)43)61-46-32-33-52-53(44-22-9-12-31-51(44)67-52)58(46)64(36-18-5-2-6-19-36)60(55(45)61)59(47)63/h1-34H. The van der Waals surface area contributed by atoms with Gasteiger partial charge in [-0.15, -0.1) is 0 Å². The summed E-state index contributed by atoms with van der Waals surface area (Å²) in [5.41, 5.74) is 24.1. The summed E-state index contributed by atoms with van der Waals surface area (Å²) in [7, 11) is 0. The molecule has 4 aliphatic rings. The first-order valence-electron chi connectivity index (χ1n) is 23.3. The Morgan fingerprint density at radius 3 is 1.60 bits per heavy atom. The second kappa shape index (κ2) is 12.2. The molecule has 5 nitrogen and oxygen atoms in total. The first-order chi connectivity index (χ1) is 33.3. The van der Waals surface area contributed by atoms with Crippen LogP contribution in [0.25, 0.3) is 87.8 Å². The van der Waals surface area contributed by atoms with E-state index >= 15 is 0 Å². The maximum absolute atomic E-state index is 6.82. The van der Waals surface area contributed by atoms with Crippen LogP contribution in [0.2, 0.25) is 0 Å². The van der Waals surface area contributed by atoms with Crippen LogP contribution in [0.15, 0.2) is 211 Å². The van der Waals surface area contributed by atoms with E-state index in [0.717, 1.165) is 39.0 Å². The molecule has 4 aliphatic heterocycles. The van der Waals surface area contributed by atoms with E-state index in [1.165, 1.54) is 105 Å². The average Bonchev–Trinajstić information content (AvgIpc) is 4.06. The second-order valence-electron chi connectivity index (χ2n) is 18.7. The van der Waals surface area contributed by atoms with Crippen molar-refractivity contribution in [3.05, 3.63) is 206 Å². The second-order valence-corrected chi connectivity index (χ2v) is 18.7. The molecule has 13 aromatic rings. The van der Waals surface area contributed by atoms with E-state index in [0.29, 0.717) is 0 Å². The number of fused-ring (bicyclic) bond motifs is 19. The Morgan fingerprint density at radius 1 is 0.343 bits per heavy atom. The molecule has 0 amide bonds. The molecule has 0 fully saturated rings. The van der Waals surface area contributed by atoms with Crippen molar-refractivity contribution >= 4 is 135 Å². The van der Waals surface area contributed by atoms with Crippen LogP contribution in [0.3, 0.4) is 0 Å². The molecular weight excluding hydrogens is 814 g/mol. The highest BCUT2D eigenvalue weighted by molar-refractivity contribution is 6.93. The topological polar surface area (TPSA) is 29.5 Å². The number of furan rings is 1. The van der Waals surface area contributed by atoms with Crippen molar-refractivity contribution < 1.29 is 4.42 Å². The third-order valence-corrected chi connectivity index (χ3v) is 15.6. The van der Waals surface area contributed by atoms with E-state index in [-0.39, 0.29) is 13.7 Å². The van der Waals surface area contributed by atoms with Crippen LogP contribution in [0, 0.1) is 0 Å². The fourth-order valence-electron chi connectivity index (χ4n) is 13.2. The third-order valence-electron chi connectivity index (χ3n) is 15.6. The molecule has 0 bridgehead atoms. The average molecular weight is 849 g/mol. The van der Waals surface area contributed by atoms with E-state index in [1.54, 1.807) is 0 Å². The van der Waals surface area contributed by atoms with Gasteiger partial charge in [0.1, 0.15) is 11.2 Å². The first-order valence-corrected chi connectivity index (χ1v) is 23.3. The number of benzene rings is 10. The summed E-state index contributed by atoms with van der Waals surface area (Å²) < 4.78 is 12.2. The monoisotopic (exact) mass is 848 g/mol. The van der Waals surface area contributed by atoms with Crippen molar-refractivity contribution in [1.82, 2.24) is 8.96 Å². The summed E-state index contributed by atoms with van der Waals surface area (Å²) in [4.78, 5) is 5.22. The van der Waals surface area contributed by atoms with Gasteiger partial charge in [0.15, 0.2) is 0 Å². The third kappa shape index (κ3) is 4.08. The minimum Gasteiger partial charge on any atom is -0.456 e. The fourth-order valence-corrected chi connectivity index (χ4v) is 13.2. The van der Waals surface area contributed by atoms with Gasteiger partial charge in [-0.25, -0.2) is 0 Å². The molecule has 0 N–H and O–H groups in total. The zero-order chi connectivity index (χ0) is 43.2. The normalized spacial score (nSPS) is 13.9. The van der Waals surface area contributed by atoms with Crippen molar-refractivity contribution in [1.29, 1.82) is 0 Å². The van der Waals surface area contributed by atoms with Crippen LogP contribution in [-0.4, -0.2) is 22.7 Å². The summed E-state index contributed by atoms with van der Waals surface area (Å²) >= 11 is 0. The van der Waals surface area contributed by atoms with Crippen molar-refractivity contribution in [2.75, 3.05) is 9.80 Å². The number of anilines is 6. The predicted octanol–water partition coefficient (Wildman–Crippen LogP) is 12.6. The lowest BCUT2D eigenvalue weighted by atomic mass is 9.41. The Balaban J connectivity index is 1.14. The van der Waals surface area contributed by atoms with E-state index in [1.807, 2.05) is 0 Å². The molecule has 0 aliphatic carbocycles. The number of hydrogen-bond acceptors (Lipinski definition) is 3. The number of nitrogens with zero attached hydrogens (tertiary/aromatic N) is 4. The Bertz CT molecular complexity index is 4380. The van der Waals surface area contributed by atoms with Gasteiger partial charge < -0.3 is 23.2 Å². The molecule has 0 atom stereocenters. The molecule has 3 aromatic heterocycles. The van der Waals surface area contributed by atoms with Crippen molar-refractivity contribution in [2.24, 2.45) is 0 Å². The van der Waals surface area contributed by atoms with Crippen LogP contribution in [0.5, 0.6) is 0 Å². The highest BCUT2D eigenvalue weighted by Crippen LogP contribution is 2.54. The molecule has 10 aromatic carbocycles. The molecule has 0 saturated heterocycles. The lowest BCUT2D eigenvalue weighted by Crippen LogP contribution is -2.61. The smallest absolute Gasteiger partial charge is 0.333 e. The minimum absolute atomic E-state index is 0.130. The fraction of sp³-hybridized carbons (Fsp3) is 0. The Hall–Kier alpha value is -8.67. The molecule has 0 radical (unpaired) electrons. The predicted molar refractivity (Wildman–Crippen MR) is 281 cm³/mol. The van der Waals surface area contributed by atoms with E-state index in [4.69, 9.17) is 4.42 Å². The van der Waals surface area contributed by atoms with Gasteiger partial charge in [-0.05, 0) is 87.6 Å². The molecule has 0 unspecified atom stereocenters. The summed E-state index contributed by atoms with van der Waals surface area (Å²) in [6.07, 6.45) is 0. The van der Waals surface area contributed by atoms with Crippen LogP contribution in [0.1, 0.15) is 0 Å². The molecule has 17 rings (SSSR count). The molecular formula is C60H34B2N4O. The summed E-state index contributed by atoms with van der Waals surface area (Å²) in [6, 6.07) is 76.9. The van der Waals surface area contributed by atoms with E-state index < -0.39 is 0 Å². The summed E-state index contributed by atoms with van der Waals surface area (Å²) in [5.74, 6) is 0. The van der Waals surface area contributed by atoms with Gasteiger partial charge in [0.25, 0.3) is 0 Å². The van der Waals surface area contributed by atoms with Crippen molar-refractivity contribution in [2.45, 2.75) is 0 Å². The highest BCUT2D eigenvalue weighted by atomic mass is 16.3. The van der Waals surface area contributed by atoms with Crippen molar-refractivity contribution in [3.63, 3.8) is 0 Å². The zero-order valence-corrected chi connectivity index (χ0v) is 36.0. The molecule has 0 saturated carbocycles. The van der Waals surface area contributed by atoms with Gasteiger partial charge in [-0.2, -0.15) is 0 Å². The lowest BCUT2D eigenvalue weighted by Gasteiger charge is -2.47. The van der Waals surface area contributed by atoms with Crippen LogP contribution in [0.4, 0.5) is 34.1 Å². The lowest BCUT2D eigenvalue weighted by molar-refractivity contribution is 0.669. The van der Waals surface area contributed by atoms with Gasteiger partial charge in [0.2, 0.25) is 0 Å². The molecule has 67 heavy (non-hydrogen) atoms. The van der Waals surface area contributed by atoms with Crippen LogP contribution < -0.4 is 31.7 Å². The van der Waals surface area contributed by atoms with E-state index in [2.05, 4.69) is 225 Å². The Labute approximate surface area is 385 Å². The highest BCUT2D eigenvalue weighted by Gasteiger charge is 2.50. The van der Waals surface area contributed by atoms with Crippen molar-refractivity contribution in [3.8, 4) is 22.3 Å². The van der Waals surface area contributed by atoms with Crippen LogP contribution in [-0.2, 0) is 0 Å². The maximum atomic E-state index is 6.82. The molecule has 306 valence electrons. The van der Waals surface area contributed by atoms with E-state index in [9.17, 15) is 0 Å². The quantitative estimate of drug-likeness (QED) is 0.162. The molecule has 0 spiro atoms. The van der Waals surface area contributed by atoms with Gasteiger partial charge in [0.05, 0.1) is 22.4 Å². The summed E-state index contributed by atoms with van der Waals surface area (Å²) in [6.45, 7) is -0.285.